The molecule has 0 aliphatic carbocycles. The van der Waals surface area contributed by atoms with Crippen LogP contribution in [-0.2, 0) is 24.8 Å². The maximum absolute atomic E-state index is 13.4. The van der Waals surface area contributed by atoms with E-state index >= 15 is 0 Å². The maximum atomic E-state index is 13.4. The third kappa shape index (κ3) is 5.46. The third-order valence-electron chi connectivity index (χ3n) is 5.39. The molecule has 1 atom stereocenters. The molecule has 1 N–H and O–H groups in total. The van der Waals surface area contributed by atoms with Crippen LogP contribution in [0.3, 0.4) is 0 Å². The molecule has 0 bridgehead atoms. The smallest absolute Gasteiger partial charge is 0.259 e. The second-order valence-corrected chi connectivity index (χ2v) is 11.4. The molecule has 0 radical (unpaired) electrons. The van der Waals surface area contributed by atoms with Gasteiger partial charge in [-0.25, -0.2) is 22.3 Å². The summed E-state index contributed by atoms with van der Waals surface area (Å²) in [4.78, 5) is 17.2. The number of nitrogens with zero attached hydrogens (tertiary/aromatic N) is 4. The summed E-state index contributed by atoms with van der Waals surface area (Å²) < 4.78 is 55.2. The van der Waals surface area contributed by atoms with E-state index < -0.39 is 32.0 Å². The molecular formula is C23H23N5O5S2. The number of carbonyl (C=O) groups excluding carboxylic acids is 1. The second kappa shape index (κ2) is 10.4. The van der Waals surface area contributed by atoms with E-state index in [1.807, 2.05) is 0 Å². The lowest BCUT2D eigenvalue weighted by molar-refractivity contribution is -0.125. The van der Waals surface area contributed by atoms with Gasteiger partial charge in [0.25, 0.3) is 5.91 Å². The molecule has 0 spiro atoms. The zero-order valence-electron chi connectivity index (χ0n) is 18.5. The zero-order valence-corrected chi connectivity index (χ0v) is 20.1. The standard InChI is InChI=1S/C23H23N5O5S2/c29-23(26-25-17-19-9-7-8-14-24-19)22-18-27(34(30,31)20-10-3-1-4-11-20)15-16-28(22)35(32,33)21-12-5-2-6-13-21/h1-14,17,22H,15-16,18H2,(H,26,29)/b25-17-/t22-/m0/s1. The Morgan fingerprint density at radius 2 is 1.46 bits per heavy atom. The van der Waals surface area contributed by atoms with Crippen LogP contribution in [0.15, 0.2) is 100.0 Å². The number of hydrogen-bond acceptors (Lipinski definition) is 7. The van der Waals surface area contributed by atoms with Gasteiger partial charge in [0.2, 0.25) is 20.0 Å². The van der Waals surface area contributed by atoms with Crippen LogP contribution in [0.2, 0.25) is 0 Å². The first-order valence-electron chi connectivity index (χ1n) is 10.7. The Kier molecular flexibility index (Phi) is 7.36. The van der Waals surface area contributed by atoms with Crippen LogP contribution in [0.5, 0.6) is 0 Å². The van der Waals surface area contributed by atoms with Crippen LogP contribution in [-0.4, -0.2) is 68.2 Å². The highest BCUT2D eigenvalue weighted by Gasteiger charge is 2.43. The van der Waals surface area contributed by atoms with Crippen LogP contribution in [0.1, 0.15) is 5.69 Å². The molecule has 1 fully saturated rings. The van der Waals surface area contributed by atoms with E-state index in [0.29, 0.717) is 5.69 Å². The van der Waals surface area contributed by atoms with Gasteiger partial charge in [0.15, 0.2) is 0 Å². The number of piperazine rings is 1. The molecule has 4 rings (SSSR count). The molecule has 35 heavy (non-hydrogen) atoms. The Balaban J connectivity index is 1.63. The molecule has 182 valence electrons. The SMILES string of the molecule is O=C(N/N=C\c1ccccn1)[C@@H]1CN(S(=O)(=O)c2ccccc2)CCN1S(=O)(=O)c1ccccc1. The number of pyridine rings is 1. The number of sulfonamides is 2. The zero-order chi connectivity index (χ0) is 24.9. The number of rotatable bonds is 7. The molecule has 0 saturated carbocycles. The number of nitrogens with one attached hydrogen (secondary N) is 1. The van der Waals surface area contributed by atoms with Crippen molar-refractivity contribution in [2.45, 2.75) is 15.8 Å². The van der Waals surface area contributed by atoms with E-state index in [-0.39, 0.29) is 29.4 Å². The van der Waals surface area contributed by atoms with Crippen LogP contribution < -0.4 is 5.43 Å². The van der Waals surface area contributed by atoms with Crippen molar-refractivity contribution in [2.75, 3.05) is 19.6 Å². The molecule has 0 unspecified atom stereocenters. The van der Waals surface area contributed by atoms with Gasteiger partial charge in [-0.15, -0.1) is 0 Å². The Morgan fingerprint density at radius 3 is 2.06 bits per heavy atom. The predicted octanol–water partition coefficient (Wildman–Crippen LogP) is 1.30. The van der Waals surface area contributed by atoms with Gasteiger partial charge in [-0.2, -0.15) is 13.7 Å². The minimum absolute atomic E-state index is 0.00848. The highest BCUT2D eigenvalue weighted by Crippen LogP contribution is 2.25. The van der Waals surface area contributed by atoms with E-state index in [1.165, 1.54) is 30.5 Å². The van der Waals surface area contributed by atoms with Gasteiger partial charge in [-0.05, 0) is 36.4 Å². The van der Waals surface area contributed by atoms with Gasteiger partial charge in [-0.3, -0.25) is 9.78 Å². The summed E-state index contributed by atoms with van der Waals surface area (Å²) in [5.74, 6) is -0.760. The monoisotopic (exact) mass is 513 g/mol. The van der Waals surface area contributed by atoms with Gasteiger partial charge in [0, 0.05) is 25.8 Å². The fourth-order valence-corrected chi connectivity index (χ4v) is 6.67. The van der Waals surface area contributed by atoms with Crippen LogP contribution in [0.25, 0.3) is 0 Å². The summed E-state index contributed by atoms with van der Waals surface area (Å²) in [5, 5.41) is 3.87. The van der Waals surface area contributed by atoms with Crippen molar-refractivity contribution < 1.29 is 21.6 Å². The number of hydrogen-bond donors (Lipinski definition) is 1. The van der Waals surface area contributed by atoms with Gasteiger partial charge < -0.3 is 0 Å². The van der Waals surface area contributed by atoms with E-state index in [0.717, 1.165) is 8.61 Å². The molecule has 10 nitrogen and oxygen atoms in total. The lowest BCUT2D eigenvalue weighted by Gasteiger charge is -2.38. The molecule has 1 amide bonds. The molecule has 1 aliphatic rings. The number of aromatic nitrogens is 1. The molecule has 1 aromatic heterocycles. The van der Waals surface area contributed by atoms with Crippen molar-refractivity contribution in [3.8, 4) is 0 Å². The predicted molar refractivity (Wildman–Crippen MR) is 129 cm³/mol. The molecule has 12 heteroatoms. The van der Waals surface area contributed by atoms with E-state index in [1.54, 1.807) is 60.8 Å². The van der Waals surface area contributed by atoms with Gasteiger partial charge in [-0.1, -0.05) is 42.5 Å². The Morgan fingerprint density at radius 1 is 0.857 bits per heavy atom. The summed E-state index contributed by atoms with van der Waals surface area (Å²) in [7, 11) is -8.02. The molecular weight excluding hydrogens is 490 g/mol. The summed E-state index contributed by atoms with van der Waals surface area (Å²) in [6, 6.07) is 19.3. The van der Waals surface area contributed by atoms with E-state index in [9.17, 15) is 21.6 Å². The third-order valence-corrected chi connectivity index (χ3v) is 9.19. The van der Waals surface area contributed by atoms with Crippen molar-refractivity contribution in [3.63, 3.8) is 0 Å². The fraction of sp³-hybridized carbons (Fsp3) is 0.174. The van der Waals surface area contributed by atoms with Crippen molar-refractivity contribution in [3.05, 3.63) is 90.8 Å². The molecule has 1 aliphatic heterocycles. The number of benzene rings is 2. The summed E-state index contributed by atoms with van der Waals surface area (Å²) in [5.41, 5.74) is 2.81. The van der Waals surface area contributed by atoms with Crippen molar-refractivity contribution >= 4 is 32.2 Å². The first-order chi connectivity index (χ1) is 16.8. The first-order valence-corrected chi connectivity index (χ1v) is 13.5. The average molecular weight is 514 g/mol. The number of amides is 1. The lowest BCUT2D eigenvalue weighted by atomic mass is 10.2. The highest BCUT2D eigenvalue weighted by atomic mass is 32.2. The Labute approximate surface area is 204 Å². The Hall–Kier alpha value is -3.45. The summed E-state index contributed by atoms with van der Waals surface area (Å²) in [6.07, 6.45) is 2.88. The van der Waals surface area contributed by atoms with Gasteiger partial charge in [0.05, 0.1) is 21.7 Å². The quantitative estimate of drug-likeness (QED) is 0.375. The first kappa shape index (κ1) is 24.7. The van der Waals surface area contributed by atoms with Gasteiger partial charge in [0.1, 0.15) is 6.04 Å². The van der Waals surface area contributed by atoms with Crippen LogP contribution >= 0.6 is 0 Å². The molecule has 3 aromatic rings. The average Bonchev–Trinajstić information content (AvgIpc) is 2.90. The molecule has 2 aromatic carbocycles. The minimum Gasteiger partial charge on any atom is -0.271 e. The number of hydrazone groups is 1. The van der Waals surface area contributed by atoms with Crippen molar-refractivity contribution in [2.24, 2.45) is 5.10 Å². The molecule has 2 heterocycles. The van der Waals surface area contributed by atoms with Crippen LogP contribution in [0, 0.1) is 0 Å². The van der Waals surface area contributed by atoms with Crippen molar-refractivity contribution in [1.82, 2.24) is 19.0 Å². The topological polar surface area (TPSA) is 129 Å². The normalized spacial score (nSPS) is 17.9. The largest absolute Gasteiger partial charge is 0.271 e. The maximum Gasteiger partial charge on any atom is 0.259 e. The fourth-order valence-electron chi connectivity index (χ4n) is 3.62. The number of carbonyl (C=O) groups is 1. The Bertz CT molecular complexity index is 1400. The lowest BCUT2D eigenvalue weighted by Crippen LogP contribution is -2.60. The van der Waals surface area contributed by atoms with Crippen molar-refractivity contribution in [1.29, 1.82) is 0 Å². The summed E-state index contributed by atoms with van der Waals surface area (Å²) >= 11 is 0. The summed E-state index contributed by atoms with van der Waals surface area (Å²) in [6.45, 7) is -0.677. The highest BCUT2D eigenvalue weighted by molar-refractivity contribution is 7.89. The second-order valence-electron chi connectivity index (χ2n) is 7.61. The van der Waals surface area contributed by atoms with E-state index in [4.69, 9.17) is 0 Å². The van der Waals surface area contributed by atoms with Gasteiger partial charge >= 0.3 is 0 Å². The minimum atomic E-state index is -4.08. The van der Waals surface area contributed by atoms with Crippen LogP contribution in [0.4, 0.5) is 0 Å². The molecule has 1 saturated heterocycles. The van der Waals surface area contributed by atoms with E-state index in [2.05, 4.69) is 15.5 Å².